The Balaban J connectivity index is 0. The lowest BCUT2D eigenvalue weighted by atomic mass is 10.5. The van der Waals surface area contributed by atoms with Crippen molar-refractivity contribution in [3.8, 4) is 0 Å². The molecule has 78 valence electrons. The molecule has 0 aromatic rings. The van der Waals surface area contributed by atoms with Crippen molar-refractivity contribution in [1.82, 2.24) is 0 Å². The van der Waals surface area contributed by atoms with E-state index in [1.54, 1.807) is 0 Å². The van der Waals surface area contributed by atoms with E-state index in [1.165, 1.54) is 0 Å². The normalized spacial score (nSPS) is 9.62. The van der Waals surface area contributed by atoms with Crippen molar-refractivity contribution in [3.63, 3.8) is 0 Å². The highest BCUT2D eigenvalue weighted by Gasteiger charge is 2.24. The van der Waals surface area contributed by atoms with E-state index in [0.29, 0.717) is 6.61 Å². The number of ether oxygens (including phenoxy) is 1. The van der Waals surface area contributed by atoms with Gasteiger partial charge in [-0.3, -0.25) is 0 Å². The van der Waals surface area contributed by atoms with Gasteiger partial charge in [0.1, 0.15) is 0 Å². The first-order valence-electron chi connectivity index (χ1n) is 3.36. The number of halogens is 4. The van der Waals surface area contributed by atoms with Crippen LogP contribution in [0.5, 0.6) is 0 Å². The summed E-state index contributed by atoms with van der Waals surface area (Å²) < 4.78 is 43.3. The molecule has 0 amide bonds. The summed E-state index contributed by atoms with van der Waals surface area (Å²) in [6.45, 7) is 5.67. The molecule has 0 rings (SSSR count). The van der Waals surface area contributed by atoms with Crippen LogP contribution in [0.2, 0.25) is 0 Å². The Morgan fingerprint density at radius 3 is 2.08 bits per heavy atom. The van der Waals surface area contributed by atoms with Crippen LogP contribution in [0.4, 0.5) is 17.6 Å². The number of alkyl halides is 4. The highest BCUT2D eigenvalue weighted by molar-refractivity contribution is 5.81. The van der Waals surface area contributed by atoms with Crippen LogP contribution < -0.4 is 0 Å². The van der Waals surface area contributed by atoms with E-state index in [9.17, 15) is 22.4 Å². The van der Waals surface area contributed by atoms with Crippen molar-refractivity contribution < 1.29 is 27.1 Å². The Morgan fingerprint density at radius 1 is 1.46 bits per heavy atom. The van der Waals surface area contributed by atoms with Gasteiger partial charge >= 0.3 is 12.4 Å². The largest absolute Gasteiger partial charge is 0.559 e. The van der Waals surface area contributed by atoms with Crippen molar-refractivity contribution in [2.24, 2.45) is 0 Å². The molecule has 0 aromatic heterocycles. The number of esters is 1. The second-order valence-corrected chi connectivity index (χ2v) is 1.80. The molecule has 0 saturated carbocycles. The maximum Gasteiger partial charge on any atom is 0.559 e. The molecule has 6 heteroatoms. The van der Waals surface area contributed by atoms with E-state index in [4.69, 9.17) is 0 Å². The summed E-state index contributed by atoms with van der Waals surface area (Å²) in [5.41, 5.74) is 0. The van der Waals surface area contributed by atoms with Gasteiger partial charge in [-0.1, -0.05) is 13.5 Å². The molecule has 0 fully saturated rings. The quantitative estimate of drug-likeness (QED) is 0.399. The minimum atomic E-state index is -5.50. The smallest absolute Gasteiger partial charge is 0.463 e. The van der Waals surface area contributed by atoms with Crippen LogP contribution in [0.25, 0.3) is 0 Å². The van der Waals surface area contributed by atoms with E-state index in [1.807, 2.05) is 6.92 Å². The molecule has 0 atom stereocenters. The van der Waals surface area contributed by atoms with Crippen LogP contribution in [-0.4, -0.2) is 19.0 Å². The average Bonchev–Trinajstić information content (AvgIpc) is 1.97. The predicted octanol–water partition coefficient (Wildman–Crippen LogP) is 2.60. The lowest BCUT2D eigenvalue weighted by molar-refractivity contribution is -0.237. The van der Waals surface area contributed by atoms with Gasteiger partial charge < -0.3 is 4.74 Å². The van der Waals surface area contributed by atoms with Crippen LogP contribution in [0, 0.1) is 0 Å². The zero-order chi connectivity index (χ0) is 10.9. The van der Waals surface area contributed by atoms with E-state index in [0.717, 1.165) is 12.5 Å². The van der Waals surface area contributed by atoms with Gasteiger partial charge in [-0.25, -0.2) is 4.79 Å². The summed E-state index contributed by atoms with van der Waals surface area (Å²) in [4.78, 5) is 10.2. The number of hydrogen-bond acceptors (Lipinski definition) is 2. The van der Waals surface area contributed by atoms with Gasteiger partial charge in [0.15, 0.2) is 0 Å². The summed E-state index contributed by atoms with van der Waals surface area (Å²) in [5, 5.41) is 0. The third-order valence-electron chi connectivity index (χ3n) is 0.615. The average molecular weight is 202 g/mol. The highest BCUT2D eigenvalue weighted by atomic mass is 19.5. The SMILES string of the molecule is C=CC(=O)OCCC.FC(F)(F)F. The third kappa shape index (κ3) is 35.9. The zero-order valence-corrected chi connectivity index (χ0v) is 7.03. The molecule has 0 aliphatic rings. The molecule has 0 saturated heterocycles. The molecule has 0 N–H and O–H groups in total. The summed E-state index contributed by atoms with van der Waals surface area (Å²) in [6, 6.07) is 0. The van der Waals surface area contributed by atoms with E-state index in [-0.39, 0.29) is 5.97 Å². The minimum Gasteiger partial charge on any atom is -0.463 e. The molecular weight excluding hydrogens is 192 g/mol. The maximum absolute atomic E-state index is 10.2. The number of rotatable bonds is 3. The summed E-state index contributed by atoms with van der Waals surface area (Å²) in [6.07, 6.45) is -3.48. The first-order valence-corrected chi connectivity index (χ1v) is 3.36. The monoisotopic (exact) mass is 202 g/mol. The van der Waals surface area contributed by atoms with Crippen molar-refractivity contribution in [3.05, 3.63) is 12.7 Å². The first kappa shape index (κ1) is 14.5. The lowest BCUT2D eigenvalue weighted by Crippen LogP contribution is -1.99. The van der Waals surface area contributed by atoms with Crippen LogP contribution in [-0.2, 0) is 9.53 Å². The second kappa shape index (κ2) is 7.57. The van der Waals surface area contributed by atoms with Crippen molar-refractivity contribution in [1.29, 1.82) is 0 Å². The fourth-order valence-electron chi connectivity index (χ4n) is 0.262. The fourth-order valence-corrected chi connectivity index (χ4v) is 0.262. The van der Waals surface area contributed by atoms with E-state index < -0.39 is 6.43 Å². The molecule has 0 aromatic carbocycles. The van der Waals surface area contributed by atoms with Gasteiger partial charge in [0.05, 0.1) is 6.61 Å². The van der Waals surface area contributed by atoms with Crippen LogP contribution in [0.15, 0.2) is 12.7 Å². The van der Waals surface area contributed by atoms with Crippen LogP contribution in [0.1, 0.15) is 13.3 Å². The second-order valence-electron chi connectivity index (χ2n) is 1.80. The maximum atomic E-state index is 10.2. The van der Waals surface area contributed by atoms with Gasteiger partial charge in [-0.15, -0.1) is 17.6 Å². The molecule has 0 radical (unpaired) electrons. The van der Waals surface area contributed by atoms with Crippen molar-refractivity contribution in [2.45, 2.75) is 19.8 Å². The first-order chi connectivity index (χ1) is 5.81. The Morgan fingerprint density at radius 2 is 1.85 bits per heavy atom. The third-order valence-corrected chi connectivity index (χ3v) is 0.615. The topological polar surface area (TPSA) is 26.3 Å². The van der Waals surface area contributed by atoms with Gasteiger partial charge in [0, 0.05) is 6.08 Å². The predicted molar refractivity (Wildman–Crippen MR) is 38.6 cm³/mol. The van der Waals surface area contributed by atoms with Crippen LogP contribution >= 0.6 is 0 Å². The molecule has 0 aliphatic heterocycles. The Kier molecular flexibility index (Phi) is 8.42. The van der Waals surface area contributed by atoms with Crippen molar-refractivity contribution in [2.75, 3.05) is 6.61 Å². The molecule has 0 aliphatic carbocycles. The van der Waals surface area contributed by atoms with E-state index >= 15 is 0 Å². The molecule has 13 heavy (non-hydrogen) atoms. The molecule has 0 unspecified atom stereocenters. The number of carbonyl (C=O) groups is 1. The highest BCUT2D eigenvalue weighted by Crippen LogP contribution is 2.13. The summed E-state index contributed by atoms with van der Waals surface area (Å²) >= 11 is 0. The fraction of sp³-hybridized carbons (Fsp3) is 0.571. The lowest BCUT2D eigenvalue weighted by Gasteiger charge is -1.94. The summed E-state index contributed by atoms with van der Waals surface area (Å²) in [5.74, 6) is -0.341. The molecule has 2 nitrogen and oxygen atoms in total. The van der Waals surface area contributed by atoms with Gasteiger partial charge in [0.25, 0.3) is 0 Å². The molecular formula is C7H10F4O2. The van der Waals surface area contributed by atoms with Gasteiger partial charge in [-0.2, -0.15) is 0 Å². The Bertz CT molecular complexity index is 147. The number of carbonyl (C=O) groups excluding carboxylic acids is 1. The number of hydrogen-bond donors (Lipinski definition) is 0. The standard InChI is InChI=1S/C6H10O2.CF4/c1-3-5-8-6(7)4-2;2-1(3,4)5/h4H,2-3,5H2,1H3;. The van der Waals surface area contributed by atoms with Gasteiger partial charge in [0.2, 0.25) is 0 Å². The van der Waals surface area contributed by atoms with Crippen molar-refractivity contribution >= 4 is 5.97 Å². The Labute approximate surface area is 73.2 Å². The van der Waals surface area contributed by atoms with Crippen LogP contribution in [0.3, 0.4) is 0 Å². The molecule has 0 bridgehead atoms. The van der Waals surface area contributed by atoms with E-state index in [2.05, 4.69) is 11.3 Å². The van der Waals surface area contributed by atoms with Gasteiger partial charge in [-0.05, 0) is 6.42 Å². The Hall–Kier alpha value is -1.07. The molecule has 0 heterocycles. The molecule has 0 spiro atoms. The zero-order valence-electron chi connectivity index (χ0n) is 7.03. The summed E-state index contributed by atoms with van der Waals surface area (Å²) in [7, 11) is 0. The minimum absolute atomic E-state index is 0.341.